The fourth-order valence-electron chi connectivity index (χ4n) is 2.25. The van der Waals surface area contributed by atoms with Crippen LogP contribution in [0.2, 0.25) is 0 Å². The second-order valence-electron chi connectivity index (χ2n) is 5.34. The van der Waals surface area contributed by atoms with Gasteiger partial charge in [-0.1, -0.05) is 23.9 Å². The maximum absolute atomic E-state index is 11.4. The summed E-state index contributed by atoms with van der Waals surface area (Å²) in [4.78, 5) is 11.4. The Balaban J connectivity index is 1.63. The van der Waals surface area contributed by atoms with E-state index >= 15 is 0 Å². The molecule has 0 atom stereocenters. The predicted octanol–water partition coefficient (Wildman–Crippen LogP) is 2.26. The van der Waals surface area contributed by atoms with Crippen LogP contribution in [-0.4, -0.2) is 35.1 Å². The van der Waals surface area contributed by atoms with Crippen molar-refractivity contribution in [2.45, 2.75) is 17.3 Å². The van der Waals surface area contributed by atoms with Gasteiger partial charge in [-0.2, -0.15) is 0 Å². The fourth-order valence-corrected chi connectivity index (χ4v) is 3.02. The SMILES string of the molecule is COC(=O)c1ccc(CSc2nnc(Cc3ccc(OC)cc3)n2N)o1. The molecule has 9 heteroatoms. The molecule has 0 saturated heterocycles. The Kier molecular flexibility index (Phi) is 5.47. The number of rotatable bonds is 7. The highest BCUT2D eigenvalue weighted by Crippen LogP contribution is 2.23. The highest BCUT2D eigenvalue weighted by Gasteiger charge is 2.14. The average molecular weight is 374 g/mol. The van der Waals surface area contributed by atoms with Gasteiger partial charge in [-0.25, -0.2) is 9.47 Å². The van der Waals surface area contributed by atoms with Crippen molar-refractivity contribution in [2.24, 2.45) is 0 Å². The zero-order chi connectivity index (χ0) is 18.5. The highest BCUT2D eigenvalue weighted by atomic mass is 32.2. The van der Waals surface area contributed by atoms with E-state index in [1.54, 1.807) is 19.2 Å². The van der Waals surface area contributed by atoms with Crippen LogP contribution in [0.25, 0.3) is 0 Å². The van der Waals surface area contributed by atoms with Crippen molar-refractivity contribution in [1.29, 1.82) is 0 Å². The number of carbonyl (C=O) groups is 1. The molecular formula is C17H18N4O4S. The van der Waals surface area contributed by atoms with Crippen molar-refractivity contribution in [3.05, 3.63) is 59.3 Å². The van der Waals surface area contributed by atoms with Crippen molar-refractivity contribution >= 4 is 17.7 Å². The van der Waals surface area contributed by atoms with Gasteiger partial charge in [0.25, 0.3) is 0 Å². The van der Waals surface area contributed by atoms with Gasteiger partial charge < -0.3 is 19.7 Å². The second-order valence-corrected chi connectivity index (χ2v) is 6.28. The number of thioether (sulfide) groups is 1. The molecule has 0 bridgehead atoms. The molecule has 0 unspecified atom stereocenters. The monoisotopic (exact) mass is 374 g/mol. The van der Waals surface area contributed by atoms with Gasteiger partial charge in [0, 0.05) is 6.42 Å². The second kappa shape index (κ2) is 7.96. The van der Waals surface area contributed by atoms with E-state index in [1.165, 1.54) is 23.5 Å². The van der Waals surface area contributed by atoms with E-state index < -0.39 is 5.97 Å². The quantitative estimate of drug-likeness (QED) is 0.381. The molecule has 8 nitrogen and oxygen atoms in total. The van der Waals surface area contributed by atoms with Crippen LogP contribution >= 0.6 is 11.8 Å². The number of aromatic nitrogens is 3. The Morgan fingerprint density at radius 3 is 2.65 bits per heavy atom. The van der Waals surface area contributed by atoms with Crippen LogP contribution in [0.15, 0.2) is 46.0 Å². The number of benzene rings is 1. The van der Waals surface area contributed by atoms with E-state index in [1.807, 2.05) is 24.3 Å². The van der Waals surface area contributed by atoms with Crippen LogP contribution < -0.4 is 10.6 Å². The molecule has 2 N–H and O–H groups in total. The number of methoxy groups -OCH3 is 2. The summed E-state index contributed by atoms with van der Waals surface area (Å²) in [5.41, 5.74) is 1.05. The lowest BCUT2D eigenvalue weighted by atomic mass is 10.1. The number of furan rings is 1. The Bertz CT molecular complexity index is 889. The van der Waals surface area contributed by atoms with Gasteiger partial charge in [0.2, 0.25) is 10.9 Å². The molecule has 0 amide bonds. The molecule has 2 aromatic heterocycles. The number of esters is 1. The summed E-state index contributed by atoms with van der Waals surface area (Å²) in [6, 6.07) is 11.0. The number of ether oxygens (including phenoxy) is 2. The zero-order valence-corrected chi connectivity index (χ0v) is 15.2. The van der Waals surface area contributed by atoms with E-state index in [4.69, 9.17) is 15.0 Å². The van der Waals surface area contributed by atoms with Crippen LogP contribution in [-0.2, 0) is 16.9 Å². The average Bonchev–Trinajstić information content (AvgIpc) is 3.28. The summed E-state index contributed by atoms with van der Waals surface area (Å²) in [7, 11) is 2.93. The van der Waals surface area contributed by atoms with Crippen molar-refractivity contribution in [3.63, 3.8) is 0 Å². The summed E-state index contributed by atoms with van der Waals surface area (Å²) in [5, 5.41) is 8.82. The van der Waals surface area contributed by atoms with E-state index in [0.29, 0.717) is 28.9 Å². The smallest absolute Gasteiger partial charge is 0.373 e. The van der Waals surface area contributed by atoms with Crippen molar-refractivity contribution in [1.82, 2.24) is 14.9 Å². The largest absolute Gasteiger partial charge is 0.497 e. The molecule has 3 rings (SSSR count). The number of carbonyl (C=O) groups excluding carboxylic acids is 1. The van der Waals surface area contributed by atoms with Crippen LogP contribution in [0, 0.1) is 0 Å². The van der Waals surface area contributed by atoms with Gasteiger partial charge in [0.15, 0.2) is 5.82 Å². The topological polar surface area (TPSA) is 105 Å². The fraction of sp³-hybridized carbons (Fsp3) is 0.235. The Hall–Kier alpha value is -2.94. The summed E-state index contributed by atoms with van der Waals surface area (Å²) in [5.74, 6) is 8.27. The molecule has 0 aliphatic carbocycles. The van der Waals surface area contributed by atoms with Crippen LogP contribution in [0.4, 0.5) is 0 Å². The Labute approximate surface area is 154 Å². The summed E-state index contributed by atoms with van der Waals surface area (Å²) >= 11 is 1.37. The first-order valence-corrected chi connectivity index (χ1v) is 8.71. The van der Waals surface area contributed by atoms with Crippen molar-refractivity contribution in [3.8, 4) is 5.75 Å². The van der Waals surface area contributed by atoms with Gasteiger partial charge in [0.05, 0.1) is 20.0 Å². The number of hydrogen-bond acceptors (Lipinski definition) is 8. The van der Waals surface area contributed by atoms with E-state index in [2.05, 4.69) is 14.9 Å². The molecule has 0 aliphatic heterocycles. The molecule has 0 spiro atoms. The molecule has 0 radical (unpaired) electrons. The third-order valence-corrected chi connectivity index (χ3v) is 4.61. The zero-order valence-electron chi connectivity index (χ0n) is 14.3. The summed E-state index contributed by atoms with van der Waals surface area (Å²) in [6.07, 6.45) is 0.557. The number of hydrogen-bond donors (Lipinski definition) is 1. The highest BCUT2D eigenvalue weighted by molar-refractivity contribution is 7.98. The molecule has 1 aromatic carbocycles. The van der Waals surface area contributed by atoms with Crippen molar-refractivity contribution in [2.75, 3.05) is 20.1 Å². The lowest BCUT2D eigenvalue weighted by molar-refractivity contribution is 0.0563. The van der Waals surface area contributed by atoms with Crippen molar-refractivity contribution < 1.29 is 18.7 Å². The maximum Gasteiger partial charge on any atom is 0.373 e. The first-order valence-electron chi connectivity index (χ1n) is 7.73. The standard InChI is InChI=1S/C17H18N4O4S/c1-23-12-5-3-11(4-6-12)9-15-19-20-17(21(15)18)26-10-13-7-8-14(25-13)16(22)24-2/h3-8H,9-10,18H2,1-2H3. The van der Waals surface area contributed by atoms with Gasteiger partial charge in [0.1, 0.15) is 11.5 Å². The number of nitrogen functional groups attached to an aromatic ring is 1. The minimum Gasteiger partial charge on any atom is -0.497 e. The predicted molar refractivity (Wildman–Crippen MR) is 95.6 cm³/mol. The normalized spacial score (nSPS) is 10.7. The Morgan fingerprint density at radius 1 is 1.19 bits per heavy atom. The maximum atomic E-state index is 11.4. The number of nitrogens with two attached hydrogens (primary N) is 1. The third kappa shape index (κ3) is 3.99. The van der Waals surface area contributed by atoms with Gasteiger partial charge in [-0.3, -0.25) is 0 Å². The first-order chi connectivity index (χ1) is 12.6. The van der Waals surface area contributed by atoms with Crippen LogP contribution in [0.1, 0.15) is 27.7 Å². The molecule has 0 fully saturated rings. The van der Waals surface area contributed by atoms with E-state index in [0.717, 1.165) is 11.3 Å². The minimum atomic E-state index is -0.509. The van der Waals surface area contributed by atoms with E-state index in [9.17, 15) is 4.79 Å². The first kappa shape index (κ1) is 17.9. The molecule has 136 valence electrons. The van der Waals surface area contributed by atoms with Gasteiger partial charge in [-0.15, -0.1) is 10.2 Å². The molecule has 2 heterocycles. The molecule has 0 aliphatic rings. The Morgan fingerprint density at radius 2 is 1.96 bits per heavy atom. The molecular weight excluding hydrogens is 356 g/mol. The summed E-state index contributed by atoms with van der Waals surface area (Å²) < 4.78 is 16.6. The third-order valence-electron chi connectivity index (χ3n) is 3.65. The minimum absolute atomic E-state index is 0.164. The number of nitrogens with zero attached hydrogens (tertiary/aromatic N) is 3. The molecule has 26 heavy (non-hydrogen) atoms. The summed E-state index contributed by atoms with van der Waals surface area (Å²) in [6.45, 7) is 0. The lowest BCUT2D eigenvalue weighted by Crippen LogP contribution is -2.14. The van der Waals surface area contributed by atoms with Gasteiger partial charge >= 0.3 is 5.97 Å². The van der Waals surface area contributed by atoms with Crippen LogP contribution in [0.3, 0.4) is 0 Å². The van der Waals surface area contributed by atoms with Crippen LogP contribution in [0.5, 0.6) is 5.75 Å². The molecule has 3 aromatic rings. The lowest BCUT2D eigenvalue weighted by Gasteiger charge is -2.04. The van der Waals surface area contributed by atoms with Gasteiger partial charge in [-0.05, 0) is 29.8 Å². The molecule has 0 saturated carbocycles. The van der Waals surface area contributed by atoms with E-state index in [-0.39, 0.29) is 5.76 Å².